The predicted molar refractivity (Wildman–Crippen MR) is 84.1 cm³/mol. The van der Waals surface area contributed by atoms with Crippen molar-refractivity contribution in [3.8, 4) is 0 Å². The van der Waals surface area contributed by atoms with E-state index in [1.165, 1.54) is 6.42 Å². The number of amides is 2. The Morgan fingerprint density at radius 1 is 1.00 bits per heavy atom. The third-order valence-electron chi connectivity index (χ3n) is 4.11. The smallest absolute Gasteiger partial charge is 0.313 e. The second-order valence-electron chi connectivity index (χ2n) is 6.17. The molecule has 0 aliphatic heterocycles. The fourth-order valence-electron chi connectivity index (χ4n) is 3.00. The van der Waals surface area contributed by atoms with E-state index in [1.807, 2.05) is 32.0 Å². The van der Waals surface area contributed by atoms with Crippen molar-refractivity contribution < 1.29 is 9.59 Å². The van der Waals surface area contributed by atoms with Crippen LogP contribution in [0.25, 0.3) is 0 Å². The third-order valence-corrected chi connectivity index (χ3v) is 4.11. The average molecular weight is 288 g/mol. The van der Waals surface area contributed by atoms with Gasteiger partial charge in [0, 0.05) is 11.7 Å². The summed E-state index contributed by atoms with van der Waals surface area (Å²) < 4.78 is 0. The van der Waals surface area contributed by atoms with Crippen molar-refractivity contribution in [3.05, 3.63) is 29.3 Å². The van der Waals surface area contributed by atoms with Crippen LogP contribution in [-0.4, -0.2) is 17.9 Å². The van der Waals surface area contributed by atoms with Crippen LogP contribution >= 0.6 is 0 Å². The quantitative estimate of drug-likeness (QED) is 0.822. The van der Waals surface area contributed by atoms with Gasteiger partial charge in [0.1, 0.15) is 0 Å². The van der Waals surface area contributed by atoms with Gasteiger partial charge < -0.3 is 10.6 Å². The van der Waals surface area contributed by atoms with Gasteiger partial charge in [-0.05, 0) is 55.9 Å². The minimum atomic E-state index is -0.585. The molecule has 2 atom stereocenters. The maximum atomic E-state index is 12.0. The Hall–Kier alpha value is -1.84. The lowest BCUT2D eigenvalue weighted by Crippen LogP contribution is -2.45. The molecular weight excluding hydrogens is 264 g/mol. The van der Waals surface area contributed by atoms with E-state index in [-0.39, 0.29) is 6.04 Å². The van der Waals surface area contributed by atoms with Crippen LogP contribution in [0.5, 0.6) is 0 Å². The molecule has 1 aromatic carbocycles. The number of benzene rings is 1. The SMILES string of the molecule is Cc1cc(C)cc(NC(=O)C(=O)NC2CCCCC2C)c1. The normalized spacial score (nSPS) is 21.7. The number of anilines is 1. The molecule has 1 saturated carbocycles. The van der Waals surface area contributed by atoms with Crippen LogP contribution in [0.1, 0.15) is 43.7 Å². The summed E-state index contributed by atoms with van der Waals surface area (Å²) in [7, 11) is 0. The van der Waals surface area contributed by atoms with Crippen LogP contribution in [0.4, 0.5) is 5.69 Å². The van der Waals surface area contributed by atoms with E-state index in [4.69, 9.17) is 0 Å². The van der Waals surface area contributed by atoms with Gasteiger partial charge in [0.15, 0.2) is 0 Å². The van der Waals surface area contributed by atoms with Crippen molar-refractivity contribution in [3.63, 3.8) is 0 Å². The van der Waals surface area contributed by atoms with E-state index in [2.05, 4.69) is 17.6 Å². The molecule has 0 radical (unpaired) electrons. The van der Waals surface area contributed by atoms with E-state index < -0.39 is 11.8 Å². The molecule has 4 heteroatoms. The minimum absolute atomic E-state index is 0.122. The molecule has 114 valence electrons. The molecule has 21 heavy (non-hydrogen) atoms. The molecule has 0 heterocycles. The predicted octanol–water partition coefficient (Wildman–Crippen LogP) is 2.94. The van der Waals surface area contributed by atoms with Crippen LogP contribution in [0, 0.1) is 19.8 Å². The molecule has 2 rings (SSSR count). The highest BCUT2D eigenvalue weighted by atomic mass is 16.2. The summed E-state index contributed by atoms with van der Waals surface area (Å²) in [6.45, 7) is 6.06. The van der Waals surface area contributed by atoms with Gasteiger partial charge in [0.2, 0.25) is 0 Å². The summed E-state index contributed by atoms with van der Waals surface area (Å²) >= 11 is 0. The van der Waals surface area contributed by atoms with Crippen LogP contribution in [-0.2, 0) is 9.59 Å². The van der Waals surface area contributed by atoms with Crippen LogP contribution in [0.3, 0.4) is 0 Å². The van der Waals surface area contributed by atoms with Crippen molar-refractivity contribution in [1.29, 1.82) is 0 Å². The minimum Gasteiger partial charge on any atom is -0.345 e. The van der Waals surface area contributed by atoms with Crippen molar-refractivity contribution in [1.82, 2.24) is 5.32 Å². The molecule has 1 fully saturated rings. The van der Waals surface area contributed by atoms with Gasteiger partial charge in [0.25, 0.3) is 0 Å². The zero-order valence-electron chi connectivity index (χ0n) is 13.0. The fourth-order valence-corrected chi connectivity index (χ4v) is 3.00. The number of hydrogen-bond donors (Lipinski definition) is 2. The average Bonchev–Trinajstić information content (AvgIpc) is 2.40. The first-order valence-electron chi connectivity index (χ1n) is 7.66. The van der Waals surface area contributed by atoms with Crippen molar-refractivity contribution in [2.75, 3.05) is 5.32 Å². The maximum Gasteiger partial charge on any atom is 0.313 e. The molecule has 1 aliphatic carbocycles. The fraction of sp³-hybridized carbons (Fsp3) is 0.529. The first-order valence-corrected chi connectivity index (χ1v) is 7.66. The van der Waals surface area contributed by atoms with Crippen molar-refractivity contribution in [2.24, 2.45) is 5.92 Å². The Morgan fingerprint density at radius 2 is 1.62 bits per heavy atom. The third kappa shape index (κ3) is 4.31. The lowest BCUT2D eigenvalue weighted by molar-refractivity contribution is -0.137. The van der Waals surface area contributed by atoms with E-state index >= 15 is 0 Å². The number of aryl methyl sites for hydroxylation is 2. The molecule has 1 aliphatic rings. The molecule has 2 N–H and O–H groups in total. The number of hydrogen-bond acceptors (Lipinski definition) is 2. The lowest BCUT2D eigenvalue weighted by atomic mass is 9.86. The van der Waals surface area contributed by atoms with Gasteiger partial charge in [-0.1, -0.05) is 25.8 Å². The topological polar surface area (TPSA) is 58.2 Å². The first-order chi connectivity index (χ1) is 9.95. The molecule has 0 spiro atoms. The summed E-state index contributed by atoms with van der Waals surface area (Å²) in [4.78, 5) is 24.0. The number of nitrogens with one attached hydrogen (secondary N) is 2. The Balaban J connectivity index is 1.94. The highest BCUT2D eigenvalue weighted by Gasteiger charge is 2.25. The van der Waals surface area contributed by atoms with Gasteiger partial charge in [-0.15, -0.1) is 0 Å². The standard InChI is InChI=1S/C17H24N2O2/c1-11-8-12(2)10-14(9-11)18-16(20)17(21)19-15-7-5-4-6-13(15)3/h8-10,13,15H,4-7H2,1-3H3,(H,18,20)(H,19,21). The van der Waals surface area contributed by atoms with Crippen molar-refractivity contribution >= 4 is 17.5 Å². The Kier molecular flexibility index (Phi) is 4.99. The van der Waals surface area contributed by atoms with Crippen LogP contribution < -0.4 is 10.6 Å². The lowest BCUT2D eigenvalue weighted by Gasteiger charge is -2.29. The molecular formula is C17H24N2O2. The van der Waals surface area contributed by atoms with Crippen LogP contribution in [0.2, 0.25) is 0 Å². The molecule has 1 aromatic rings. The molecule has 0 aromatic heterocycles. The van der Waals surface area contributed by atoms with Gasteiger partial charge in [-0.25, -0.2) is 0 Å². The number of carbonyl (C=O) groups is 2. The molecule has 2 unspecified atom stereocenters. The van der Waals surface area contributed by atoms with Crippen molar-refractivity contribution in [2.45, 2.75) is 52.5 Å². The summed E-state index contributed by atoms with van der Waals surface area (Å²) in [6, 6.07) is 5.87. The molecule has 0 bridgehead atoms. The van der Waals surface area contributed by atoms with E-state index in [0.29, 0.717) is 11.6 Å². The highest BCUT2D eigenvalue weighted by Crippen LogP contribution is 2.23. The largest absolute Gasteiger partial charge is 0.345 e. The highest BCUT2D eigenvalue weighted by molar-refractivity contribution is 6.39. The summed E-state index contributed by atoms with van der Waals surface area (Å²) in [6.07, 6.45) is 4.41. The Morgan fingerprint density at radius 3 is 2.24 bits per heavy atom. The first kappa shape index (κ1) is 15.5. The second-order valence-corrected chi connectivity index (χ2v) is 6.17. The summed E-state index contributed by atoms with van der Waals surface area (Å²) in [5.74, 6) is -0.678. The zero-order chi connectivity index (χ0) is 15.4. The Labute approximate surface area is 126 Å². The molecule has 0 saturated heterocycles. The van der Waals surface area contributed by atoms with Gasteiger partial charge in [-0.2, -0.15) is 0 Å². The molecule has 4 nitrogen and oxygen atoms in total. The van der Waals surface area contributed by atoms with Crippen LogP contribution in [0.15, 0.2) is 18.2 Å². The second kappa shape index (κ2) is 6.74. The zero-order valence-corrected chi connectivity index (χ0v) is 13.0. The van der Waals surface area contributed by atoms with Gasteiger partial charge in [0.05, 0.1) is 0 Å². The Bertz CT molecular complexity index is 519. The van der Waals surface area contributed by atoms with Gasteiger partial charge in [-0.3, -0.25) is 9.59 Å². The van der Waals surface area contributed by atoms with Gasteiger partial charge >= 0.3 is 11.8 Å². The molecule has 2 amide bonds. The summed E-state index contributed by atoms with van der Waals surface area (Å²) in [5.41, 5.74) is 2.79. The van der Waals surface area contributed by atoms with E-state index in [0.717, 1.165) is 30.4 Å². The number of rotatable bonds is 2. The monoisotopic (exact) mass is 288 g/mol. The maximum absolute atomic E-state index is 12.0. The summed E-state index contributed by atoms with van der Waals surface area (Å²) in [5, 5.41) is 5.54. The van der Waals surface area contributed by atoms with E-state index in [1.54, 1.807) is 0 Å². The van der Waals surface area contributed by atoms with E-state index in [9.17, 15) is 9.59 Å². The number of carbonyl (C=O) groups excluding carboxylic acids is 2.